The summed E-state index contributed by atoms with van der Waals surface area (Å²) >= 11 is 0. The fraction of sp³-hybridized carbons (Fsp3) is 0.562. The number of hydrogen-bond acceptors (Lipinski definition) is 4. The molecule has 0 aromatic heterocycles. The number of anilines is 1. The lowest BCUT2D eigenvalue weighted by molar-refractivity contribution is 0.0161. The molecule has 1 saturated carbocycles. The SMILES string of the molecule is CCC1CCC(OC(=O)c2cc(N)ccc2OC)CC1. The van der Waals surface area contributed by atoms with Crippen molar-refractivity contribution in [2.75, 3.05) is 12.8 Å². The highest BCUT2D eigenvalue weighted by Crippen LogP contribution is 2.30. The van der Waals surface area contributed by atoms with E-state index in [2.05, 4.69) is 6.92 Å². The van der Waals surface area contributed by atoms with Gasteiger partial charge in [-0.05, 0) is 49.8 Å². The van der Waals surface area contributed by atoms with Crippen molar-refractivity contribution < 1.29 is 14.3 Å². The summed E-state index contributed by atoms with van der Waals surface area (Å²) in [5.74, 6) is 0.951. The maximum atomic E-state index is 12.2. The van der Waals surface area contributed by atoms with Gasteiger partial charge in [-0.3, -0.25) is 0 Å². The van der Waals surface area contributed by atoms with Crippen LogP contribution in [0.3, 0.4) is 0 Å². The van der Waals surface area contributed by atoms with Crippen molar-refractivity contribution in [3.63, 3.8) is 0 Å². The topological polar surface area (TPSA) is 61.5 Å². The van der Waals surface area contributed by atoms with Gasteiger partial charge in [0.15, 0.2) is 0 Å². The summed E-state index contributed by atoms with van der Waals surface area (Å²) in [6.45, 7) is 2.22. The normalized spacial score (nSPS) is 22.3. The molecule has 0 spiro atoms. The van der Waals surface area contributed by atoms with Gasteiger partial charge in [0.25, 0.3) is 0 Å². The number of methoxy groups -OCH3 is 1. The number of nitrogen functional groups attached to an aromatic ring is 1. The molecule has 0 bridgehead atoms. The number of esters is 1. The third kappa shape index (κ3) is 3.44. The lowest BCUT2D eigenvalue weighted by Gasteiger charge is -2.27. The van der Waals surface area contributed by atoms with Gasteiger partial charge in [-0.2, -0.15) is 0 Å². The zero-order chi connectivity index (χ0) is 14.5. The van der Waals surface area contributed by atoms with E-state index in [-0.39, 0.29) is 12.1 Å². The Morgan fingerprint density at radius 3 is 2.60 bits per heavy atom. The van der Waals surface area contributed by atoms with Crippen molar-refractivity contribution in [3.05, 3.63) is 23.8 Å². The number of carbonyl (C=O) groups excluding carboxylic acids is 1. The Balaban J connectivity index is 2.00. The van der Waals surface area contributed by atoms with E-state index < -0.39 is 0 Å². The Kier molecular flexibility index (Phi) is 4.88. The first kappa shape index (κ1) is 14.7. The molecule has 2 N–H and O–H groups in total. The highest BCUT2D eigenvalue weighted by atomic mass is 16.5. The van der Waals surface area contributed by atoms with Gasteiger partial charge in [0.05, 0.1) is 7.11 Å². The molecule has 4 heteroatoms. The van der Waals surface area contributed by atoms with E-state index in [0.29, 0.717) is 17.0 Å². The van der Waals surface area contributed by atoms with Crippen LogP contribution in [0.2, 0.25) is 0 Å². The molecular weight excluding hydrogens is 254 g/mol. The van der Waals surface area contributed by atoms with Gasteiger partial charge in [-0.25, -0.2) is 4.79 Å². The van der Waals surface area contributed by atoms with Gasteiger partial charge in [0.2, 0.25) is 0 Å². The fourth-order valence-corrected chi connectivity index (χ4v) is 2.76. The smallest absolute Gasteiger partial charge is 0.342 e. The Hall–Kier alpha value is -1.71. The van der Waals surface area contributed by atoms with Crippen LogP contribution in [0.1, 0.15) is 49.4 Å². The molecule has 0 amide bonds. The van der Waals surface area contributed by atoms with E-state index in [0.717, 1.165) is 31.6 Å². The molecule has 2 rings (SSSR count). The highest BCUT2D eigenvalue weighted by molar-refractivity contribution is 5.93. The lowest BCUT2D eigenvalue weighted by Crippen LogP contribution is -2.24. The fourth-order valence-electron chi connectivity index (χ4n) is 2.76. The zero-order valence-corrected chi connectivity index (χ0v) is 12.2. The van der Waals surface area contributed by atoms with Crippen LogP contribution in [0.4, 0.5) is 5.69 Å². The van der Waals surface area contributed by atoms with Gasteiger partial charge in [0.1, 0.15) is 17.4 Å². The summed E-state index contributed by atoms with van der Waals surface area (Å²) < 4.78 is 10.8. The van der Waals surface area contributed by atoms with Crippen molar-refractivity contribution in [1.29, 1.82) is 0 Å². The first-order valence-corrected chi connectivity index (χ1v) is 7.28. The standard InChI is InChI=1S/C16H23NO3/c1-3-11-4-7-13(8-5-11)20-16(18)14-10-12(17)6-9-15(14)19-2/h6,9-11,13H,3-5,7-8,17H2,1-2H3. The molecule has 0 atom stereocenters. The van der Waals surface area contributed by atoms with Gasteiger partial charge in [-0.1, -0.05) is 13.3 Å². The van der Waals surface area contributed by atoms with Crippen LogP contribution in [0.25, 0.3) is 0 Å². The van der Waals surface area contributed by atoms with Crippen LogP contribution in [-0.2, 0) is 4.74 Å². The Morgan fingerprint density at radius 2 is 2.00 bits per heavy atom. The molecule has 4 nitrogen and oxygen atoms in total. The molecular formula is C16H23NO3. The Morgan fingerprint density at radius 1 is 1.30 bits per heavy atom. The summed E-state index contributed by atoms with van der Waals surface area (Å²) in [5.41, 5.74) is 6.67. The maximum absolute atomic E-state index is 12.2. The third-order valence-electron chi connectivity index (χ3n) is 4.09. The van der Waals surface area contributed by atoms with Crippen molar-refractivity contribution >= 4 is 11.7 Å². The number of ether oxygens (including phenoxy) is 2. The second-order valence-corrected chi connectivity index (χ2v) is 5.42. The average molecular weight is 277 g/mol. The van der Waals surface area contributed by atoms with Crippen molar-refractivity contribution in [2.45, 2.75) is 45.1 Å². The molecule has 1 aliphatic rings. The first-order chi connectivity index (χ1) is 9.63. The van der Waals surface area contributed by atoms with E-state index in [1.54, 1.807) is 18.2 Å². The van der Waals surface area contributed by atoms with Crippen molar-refractivity contribution in [1.82, 2.24) is 0 Å². The number of rotatable bonds is 4. The summed E-state index contributed by atoms with van der Waals surface area (Å²) in [6.07, 6.45) is 5.43. The lowest BCUT2D eigenvalue weighted by atomic mass is 9.86. The minimum atomic E-state index is -0.339. The van der Waals surface area contributed by atoms with E-state index in [4.69, 9.17) is 15.2 Å². The van der Waals surface area contributed by atoms with Gasteiger partial charge in [0, 0.05) is 5.69 Å². The number of hydrogen-bond donors (Lipinski definition) is 1. The molecule has 0 unspecified atom stereocenters. The number of nitrogens with two attached hydrogens (primary N) is 1. The van der Waals surface area contributed by atoms with Gasteiger partial charge >= 0.3 is 5.97 Å². The Labute approximate surface area is 120 Å². The molecule has 0 saturated heterocycles. The highest BCUT2D eigenvalue weighted by Gasteiger charge is 2.24. The predicted octanol–water partition coefficient (Wildman–Crippen LogP) is 3.40. The summed E-state index contributed by atoms with van der Waals surface area (Å²) in [5, 5.41) is 0. The molecule has 20 heavy (non-hydrogen) atoms. The van der Waals surface area contributed by atoms with E-state index in [1.807, 2.05) is 0 Å². The second-order valence-electron chi connectivity index (χ2n) is 5.42. The van der Waals surface area contributed by atoms with Gasteiger partial charge in [-0.15, -0.1) is 0 Å². The van der Waals surface area contributed by atoms with Crippen LogP contribution in [-0.4, -0.2) is 19.2 Å². The quantitative estimate of drug-likeness (QED) is 0.676. The molecule has 1 aliphatic carbocycles. The summed E-state index contributed by atoms with van der Waals surface area (Å²) in [7, 11) is 1.54. The van der Waals surface area contributed by atoms with Crippen LogP contribution in [0.15, 0.2) is 18.2 Å². The minimum Gasteiger partial charge on any atom is -0.496 e. The average Bonchev–Trinajstić information content (AvgIpc) is 2.48. The zero-order valence-electron chi connectivity index (χ0n) is 12.2. The second kappa shape index (κ2) is 6.64. The molecule has 0 heterocycles. The van der Waals surface area contributed by atoms with Crippen molar-refractivity contribution in [2.24, 2.45) is 5.92 Å². The van der Waals surface area contributed by atoms with E-state index in [9.17, 15) is 4.79 Å². The van der Waals surface area contributed by atoms with Gasteiger partial charge < -0.3 is 15.2 Å². The predicted molar refractivity (Wildman–Crippen MR) is 78.9 cm³/mol. The van der Waals surface area contributed by atoms with Crippen LogP contribution in [0.5, 0.6) is 5.75 Å². The Bertz CT molecular complexity index is 465. The summed E-state index contributed by atoms with van der Waals surface area (Å²) in [4.78, 5) is 12.2. The largest absolute Gasteiger partial charge is 0.496 e. The third-order valence-corrected chi connectivity index (χ3v) is 4.09. The van der Waals surface area contributed by atoms with Crippen molar-refractivity contribution in [3.8, 4) is 5.75 Å². The van der Waals surface area contributed by atoms with E-state index >= 15 is 0 Å². The van der Waals surface area contributed by atoms with Crippen LogP contribution in [0, 0.1) is 5.92 Å². The first-order valence-electron chi connectivity index (χ1n) is 7.28. The molecule has 0 aliphatic heterocycles. The molecule has 1 fully saturated rings. The monoisotopic (exact) mass is 277 g/mol. The number of benzene rings is 1. The summed E-state index contributed by atoms with van der Waals surface area (Å²) in [6, 6.07) is 5.01. The van der Waals surface area contributed by atoms with Crippen LogP contribution >= 0.6 is 0 Å². The molecule has 1 aromatic rings. The van der Waals surface area contributed by atoms with E-state index in [1.165, 1.54) is 13.5 Å². The molecule has 1 aromatic carbocycles. The van der Waals surface area contributed by atoms with Crippen LogP contribution < -0.4 is 10.5 Å². The maximum Gasteiger partial charge on any atom is 0.342 e. The minimum absolute atomic E-state index is 0.0245. The molecule has 0 radical (unpaired) electrons. The number of carbonyl (C=O) groups is 1. The molecule has 110 valence electrons.